The van der Waals surface area contributed by atoms with E-state index in [4.69, 9.17) is 0 Å². The summed E-state index contributed by atoms with van der Waals surface area (Å²) in [6.07, 6.45) is 0.845. The van der Waals surface area contributed by atoms with Crippen LogP contribution in [0.4, 0.5) is 0 Å². The summed E-state index contributed by atoms with van der Waals surface area (Å²) in [6.45, 7) is 17.6. The zero-order valence-corrected chi connectivity index (χ0v) is 42.1. The molecule has 0 unspecified atom stereocenters. The smallest absolute Gasteiger partial charge is 0.0541 e. The van der Waals surface area contributed by atoms with E-state index in [-0.39, 0.29) is 0 Å². The van der Waals surface area contributed by atoms with Gasteiger partial charge in [0.25, 0.3) is 0 Å². The van der Waals surface area contributed by atoms with Crippen molar-refractivity contribution in [1.29, 1.82) is 0 Å². The molecule has 0 fully saturated rings. The van der Waals surface area contributed by atoms with Gasteiger partial charge in [-0.15, -0.1) is 0 Å². The van der Waals surface area contributed by atoms with Crippen molar-refractivity contribution in [2.75, 3.05) is 0 Å². The third-order valence-corrected chi connectivity index (χ3v) is 15.1. The summed E-state index contributed by atoms with van der Waals surface area (Å²) in [6, 6.07) is 73.6. The van der Waals surface area contributed by atoms with Gasteiger partial charge in [-0.2, -0.15) is 0 Å². The molecule has 0 saturated heterocycles. The van der Waals surface area contributed by atoms with E-state index in [1.807, 2.05) is 0 Å². The Morgan fingerprint density at radius 1 is 0.254 bits per heavy atom. The van der Waals surface area contributed by atoms with E-state index < -0.39 is 0 Å². The van der Waals surface area contributed by atoms with Gasteiger partial charge in [0.05, 0.1) is 22.1 Å². The van der Waals surface area contributed by atoms with Gasteiger partial charge < -0.3 is 9.13 Å². The highest BCUT2D eigenvalue weighted by Gasteiger charge is 2.19. The van der Waals surface area contributed by atoms with Crippen LogP contribution < -0.4 is 0 Å². The number of fused-ring (bicyclic) bond motifs is 6. The molecule has 344 valence electrons. The van der Waals surface area contributed by atoms with Gasteiger partial charge in [-0.1, -0.05) is 144 Å². The van der Waals surface area contributed by atoms with E-state index in [0.29, 0.717) is 0 Å². The molecule has 0 aliphatic rings. The van der Waals surface area contributed by atoms with Crippen molar-refractivity contribution in [1.82, 2.24) is 9.13 Å². The van der Waals surface area contributed by atoms with Crippen molar-refractivity contribution in [3.63, 3.8) is 0 Å². The summed E-state index contributed by atoms with van der Waals surface area (Å²) in [5.74, 6) is 0. The van der Waals surface area contributed by atoms with Crippen molar-refractivity contribution in [3.05, 3.63) is 250 Å². The Morgan fingerprint density at radius 2 is 0.507 bits per heavy atom. The van der Waals surface area contributed by atoms with Crippen LogP contribution in [-0.4, -0.2) is 9.13 Å². The normalized spacial score (nSPS) is 11.7. The average molecular weight is 915 g/mol. The summed E-state index contributed by atoms with van der Waals surface area (Å²) in [5, 5.41) is 5.06. The minimum atomic E-state index is 0.845. The van der Waals surface area contributed by atoms with E-state index in [2.05, 4.69) is 259 Å². The van der Waals surface area contributed by atoms with E-state index in [0.717, 1.165) is 17.8 Å². The second kappa shape index (κ2) is 17.3. The molecule has 2 nitrogen and oxygen atoms in total. The lowest BCUT2D eigenvalue weighted by Crippen LogP contribution is -1.97. The number of nitrogens with zero attached hydrogens (tertiary/aromatic N) is 2. The predicted molar refractivity (Wildman–Crippen MR) is 304 cm³/mol. The van der Waals surface area contributed by atoms with Crippen LogP contribution in [0.3, 0.4) is 0 Å². The molecule has 2 aromatic heterocycles. The highest BCUT2D eigenvalue weighted by molar-refractivity contribution is 6.13. The van der Waals surface area contributed by atoms with Gasteiger partial charge in [0, 0.05) is 32.9 Å². The number of aromatic nitrogens is 2. The van der Waals surface area contributed by atoms with Gasteiger partial charge in [-0.3, -0.25) is 0 Å². The lowest BCUT2D eigenvalue weighted by atomic mass is 9.95. The fraction of sp³-hybridized carbons (Fsp3) is 0.130. The Bertz CT molecular complexity index is 3600. The van der Waals surface area contributed by atoms with E-state index in [9.17, 15) is 0 Å². The molecule has 0 N–H and O–H groups in total. The monoisotopic (exact) mass is 914 g/mol. The fourth-order valence-corrected chi connectivity index (χ4v) is 11.6. The number of hydrogen-bond acceptors (Lipinski definition) is 0. The number of rotatable bonds is 8. The van der Waals surface area contributed by atoms with Crippen LogP contribution in [0.1, 0.15) is 55.6 Å². The standard InChI is InChI=1S/C69H58N2/c1-42-9-25-58(46(5)33-42)52-17-29-66-62(38-52)63-39-53(59-26-10-43(2)34-47(59)6)18-30-67(63)70(66)56-21-13-50(14-22-56)37-51-15-23-57(24-16-51)71-68-31-19-54(60-27-11-44(3)35-48(60)7)40-64(68)65-41-55(20-32-69(65)71)61-28-12-45(4)36-49(61)8/h9-36,38-41H,37H2,1-8H3. The summed E-state index contributed by atoms with van der Waals surface area (Å²) in [5.41, 5.74) is 30.2. The molecule has 0 radical (unpaired) electrons. The van der Waals surface area contributed by atoms with Gasteiger partial charge in [-0.25, -0.2) is 0 Å². The van der Waals surface area contributed by atoms with Gasteiger partial charge in [0.2, 0.25) is 0 Å². The maximum absolute atomic E-state index is 2.45. The Kier molecular flexibility index (Phi) is 10.8. The Hall–Kier alpha value is -8.20. The molecule has 71 heavy (non-hydrogen) atoms. The molecule has 0 saturated carbocycles. The summed E-state index contributed by atoms with van der Waals surface area (Å²) in [7, 11) is 0. The Labute approximate surface area is 418 Å². The first-order valence-corrected chi connectivity index (χ1v) is 25.1. The molecule has 0 bridgehead atoms. The zero-order chi connectivity index (χ0) is 48.7. The van der Waals surface area contributed by atoms with Crippen LogP contribution in [0.2, 0.25) is 0 Å². The maximum atomic E-state index is 2.45. The topological polar surface area (TPSA) is 9.86 Å². The molecule has 0 aliphatic heterocycles. The minimum Gasteiger partial charge on any atom is -0.309 e. The number of benzene rings is 10. The minimum absolute atomic E-state index is 0.845. The van der Waals surface area contributed by atoms with E-state index >= 15 is 0 Å². The third-order valence-electron chi connectivity index (χ3n) is 15.1. The average Bonchev–Trinajstić information content (AvgIpc) is 3.86. The van der Waals surface area contributed by atoms with Gasteiger partial charge in [-0.05, 0) is 212 Å². The van der Waals surface area contributed by atoms with Crippen molar-refractivity contribution in [2.45, 2.75) is 61.8 Å². The van der Waals surface area contributed by atoms with Gasteiger partial charge in [0.1, 0.15) is 0 Å². The molecule has 10 aromatic carbocycles. The summed E-state index contributed by atoms with van der Waals surface area (Å²) >= 11 is 0. The lowest BCUT2D eigenvalue weighted by molar-refractivity contribution is 1.13. The van der Waals surface area contributed by atoms with Gasteiger partial charge in [0.15, 0.2) is 0 Å². The summed E-state index contributed by atoms with van der Waals surface area (Å²) < 4.78 is 4.89. The van der Waals surface area contributed by atoms with Crippen LogP contribution in [0.25, 0.3) is 99.5 Å². The first-order valence-electron chi connectivity index (χ1n) is 25.1. The highest BCUT2D eigenvalue weighted by Crippen LogP contribution is 2.41. The number of hydrogen-bond donors (Lipinski definition) is 0. The molecule has 2 heterocycles. The van der Waals surface area contributed by atoms with Crippen molar-refractivity contribution in [3.8, 4) is 55.9 Å². The maximum Gasteiger partial charge on any atom is 0.0541 e. The highest BCUT2D eigenvalue weighted by atomic mass is 15.0. The fourth-order valence-electron chi connectivity index (χ4n) is 11.6. The zero-order valence-electron chi connectivity index (χ0n) is 42.1. The lowest BCUT2D eigenvalue weighted by Gasteiger charge is -2.12. The molecule has 0 spiro atoms. The first-order chi connectivity index (χ1) is 34.4. The molecule has 2 heteroatoms. The van der Waals surface area contributed by atoms with Crippen LogP contribution in [0.5, 0.6) is 0 Å². The van der Waals surface area contributed by atoms with Crippen LogP contribution in [-0.2, 0) is 6.42 Å². The van der Waals surface area contributed by atoms with Crippen LogP contribution >= 0.6 is 0 Å². The van der Waals surface area contributed by atoms with Crippen molar-refractivity contribution >= 4 is 43.6 Å². The van der Waals surface area contributed by atoms with Gasteiger partial charge >= 0.3 is 0 Å². The SMILES string of the molecule is Cc1ccc(-c2ccc3c(c2)c2cc(-c4ccc(C)cc4C)ccc2n3-c2ccc(Cc3ccc(-n4c5ccc(-c6ccc(C)cc6C)cc5c5cc(-c6ccc(C)cc6C)ccc54)cc3)cc2)c(C)c1. The number of aryl methyl sites for hydroxylation is 8. The second-order valence-corrected chi connectivity index (χ2v) is 20.4. The van der Waals surface area contributed by atoms with E-state index in [1.54, 1.807) is 0 Å². The summed E-state index contributed by atoms with van der Waals surface area (Å²) in [4.78, 5) is 0. The predicted octanol–water partition coefficient (Wildman–Crippen LogP) is 18.6. The molecule has 12 rings (SSSR count). The molecule has 0 atom stereocenters. The Morgan fingerprint density at radius 3 is 0.746 bits per heavy atom. The first kappa shape index (κ1) is 44.0. The van der Waals surface area contributed by atoms with Crippen LogP contribution in [0.15, 0.2) is 194 Å². The molecular weight excluding hydrogens is 857 g/mol. The molecular formula is C69H58N2. The van der Waals surface area contributed by atoms with E-state index in [1.165, 1.54) is 144 Å². The second-order valence-electron chi connectivity index (χ2n) is 20.4. The Balaban J connectivity index is 0.894. The largest absolute Gasteiger partial charge is 0.309 e. The van der Waals surface area contributed by atoms with Crippen molar-refractivity contribution in [2.24, 2.45) is 0 Å². The van der Waals surface area contributed by atoms with Crippen molar-refractivity contribution < 1.29 is 0 Å². The molecule has 0 aliphatic carbocycles. The quantitative estimate of drug-likeness (QED) is 0.144. The van der Waals surface area contributed by atoms with Crippen LogP contribution in [0, 0.1) is 55.4 Å². The third kappa shape index (κ3) is 7.85. The molecule has 0 amide bonds. The molecule has 12 aromatic rings.